The first-order valence-corrected chi connectivity index (χ1v) is 7.56. The maximum Gasteiger partial charge on any atom is 0.223 e. The summed E-state index contributed by atoms with van der Waals surface area (Å²) in [6.07, 6.45) is 8.63. The first kappa shape index (κ1) is 13.4. The third-order valence-corrected chi connectivity index (χ3v) is 4.78. The lowest BCUT2D eigenvalue weighted by atomic mass is 9.67. The third kappa shape index (κ3) is 2.65. The van der Waals surface area contributed by atoms with Gasteiger partial charge in [-0.05, 0) is 37.3 Å². The van der Waals surface area contributed by atoms with Crippen LogP contribution in [0.25, 0.3) is 0 Å². The third-order valence-electron chi connectivity index (χ3n) is 4.78. The van der Waals surface area contributed by atoms with Crippen LogP contribution < -0.4 is 5.32 Å². The summed E-state index contributed by atoms with van der Waals surface area (Å²) in [5.41, 5.74) is 1.12. The SMILES string of the molecule is Cn1ccc(CNC(=O)C2C[C@H]3CCC[C@@H](C2)C3=O)c1. The van der Waals surface area contributed by atoms with Gasteiger partial charge < -0.3 is 9.88 Å². The van der Waals surface area contributed by atoms with Gasteiger partial charge >= 0.3 is 0 Å². The van der Waals surface area contributed by atoms with Gasteiger partial charge in [-0.2, -0.15) is 0 Å². The number of Topliss-reactive ketones (excluding diaryl/α,β-unsaturated/α-hetero) is 1. The molecule has 0 saturated heterocycles. The lowest BCUT2D eigenvalue weighted by molar-refractivity contribution is -0.137. The van der Waals surface area contributed by atoms with Crippen LogP contribution in [0, 0.1) is 17.8 Å². The van der Waals surface area contributed by atoms with E-state index in [1.165, 1.54) is 0 Å². The largest absolute Gasteiger partial charge is 0.357 e. The van der Waals surface area contributed by atoms with Crippen LogP contribution in [0.5, 0.6) is 0 Å². The van der Waals surface area contributed by atoms with Crippen LogP contribution >= 0.6 is 0 Å². The van der Waals surface area contributed by atoms with Gasteiger partial charge in [-0.3, -0.25) is 9.59 Å². The number of carbonyl (C=O) groups excluding carboxylic acids is 2. The summed E-state index contributed by atoms with van der Waals surface area (Å²) in [5.74, 6) is 0.873. The minimum atomic E-state index is 0.0340. The number of nitrogens with zero attached hydrogens (tertiary/aromatic N) is 1. The molecule has 2 bridgehead atoms. The molecule has 1 heterocycles. The Hall–Kier alpha value is -1.58. The number of fused-ring (bicyclic) bond motifs is 2. The number of aromatic nitrogens is 1. The summed E-state index contributed by atoms with van der Waals surface area (Å²) >= 11 is 0. The van der Waals surface area contributed by atoms with Crippen LogP contribution in [-0.4, -0.2) is 16.3 Å². The number of hydrogen-bond acceptors (Lipinski definition) is 2. The zero-order valence-corrected chi connectivity index (χ0v) is 12.0. The molecule has 0 radical (unpaired) electrons. The Morgan fingerprint density at radius 2 is 2.05 bits per heavy atom. The van der Waals surface area contributed by atoms with E-state index in [1.807, 2.05) is 30.1 Å². The highest BCUT2D eigenvalue weighted by Crippen LogP contribution is 2.40. The summed E-state index contributed by atoms with van der Waals surface area (Å²) in [7, 11) is 1.97. The van der Waals surface area contributed by atoms with Gasteiger partial charge in [0.05, 0.1) is 0 Å². The summed E-state index contributed by atoms with van der Waals surface area (Å²) in [4.78, 5) is 24.3. The highest BCUT2D eigenvalue weighted by Gasteiger charge is 2.41. The lowest BCUT2D eigenvalue weighted by Gasteiger charge is -2.36. The topological polar surface area (TPSA) is 51.1 Å². The molecular weight excluding hydrogens is 252 g/mol. The molecular formula is C16H22N2O2. The van der Waals surface area contributed by atoms with E-state index in [0.29, 0.717) is 12.3 Å². The van der Waals surface area contributed by atoms with E-state index in [-0.39, 0.29) is 23.7 Å². The number of carbonyl (C=O) groups is 2. The van der Waals surface area contributed by atoms with Gasteiger partial charge in [0.15, 0.2) is 0 Å². The minimum absolute atomic E-state index is 0.0340. The molecule has 2 fully saturated rings. The molecule has 2 aliphatic rings. The Bertz CT molecular complexity index is 504. The maximum absolute atomic E-state index is 12.3. The fraction of sp³-hybridized carbons (Fsp3) is 0.625. The van der Waals surface area contributed by atoms with Gasteiger partial charge in [0.25, 0.3) is 0 Å². The molecule has 3 atom stereocenters. The van der Waals surface area contributed by atoms with E-state index in [0.717, 1.165) is 37.7 Å². The summed E-state index contributed by atoms with van der Waals surface area (Å²) < 4.78 is 1.98. The first-order valence-electron chi connectivity index (χ1n) is 7.56. The zero-order chi connectivity index (χ0) is 14.1. The molecule has 4 heteroatoms. The second kappa shape index (κ2) is 5.43. The number of hydrogen-bond donors (Lipinski definition) is 1. The van der Waals surface area contributed by atoms with Gasteiger partial charge in [-0.15, -0.1) is 0 Å². The smallest absolute Gasteiger partial charge is 0.223 e. The van der Waals surface area contributed by atoms with Crippen molar-refractivity contribution in [3.05, 3.63) is 24.0 Å². The molecule has 1 unspecified atom stereocenters. The molecule has 2 saturated carbocycles. The van der Waals surface area contributed by atoms with Crippen molar-refractivity contribution >= 4 is 11.7 Å². The molecule has 1 N–H and O–H groups in total. The molecule has 3 rings (SSSR count). The Balaban J connectivity index is 1.56. The molecule has 1 aromatic heterocycles. The Kier molecular flexibility index (Phi) is 3.64. The minimum Gasteiger partial charge on any atom is -0.357 e. The number of aryl methyl sites for hydroxylation is 1. The van der Waals surface area contributed by atoms with Gasteiger partial charge in [-0.1, -0.05) is 6.42 Å². The van der Waals surface area contributed by atoms with Gasteiger partial charge in [-0.25, -0.2) is 0 Å². The molecule has 2 aliphatic carbocycles. The zero-order valence-electron chi connectivity index (χ0n) is 12.0. The molecule has 1 aromatic rings. The van der Waals surface area contributed by atoms with Crippen molar-refractivity contribution in [1.29, 1.82) is 0 Å². The lowest BCUT2D eigenvalue weighted by Crippen LogP contribution is -2.42. The van der Waals surface area contributed by atoms with E-state index in [2.05, 4.69) is 5.32 Å². The fourth-order valence-electron chi connectivity index (χ4n) is 3.69. The normalized spacial score (nSPS) is 29.2. The monoisotopic (exact) mass is 274 g/mol. The molecule has 4 nitrogen and oxygen atoms in total. The van der Waals surface area contributed by atoms with Crippen LogP contribution in [0.2, 0.25) is 0 Å². The van der Waals surface area contributed by atoms with E-state index in [9.17, 15) is 9.59 Å². The van der Waals surface area contributed by atoms with E-state index < -0.39 is 0 Å². The summed E-state index contributed by atoms with van der Waals surface area (Å²) in [6.45, 7) is 0.583. The van der Waals surface area contributed by atoms with E-state index in [1.54, 1.807) is 0 Å². The number of nitrogens with one attached hydrogen (secondary N) is 1. The number of amides is 1. The molecule has 0 aromatic carbocycles. The molecule has 108 valence electrons. The van der Waals surface area contributed by atoms with Crippen molar-refractivity contribution in [2.75, 3.05) is 0 Å². The highest BCUT2D eigenvalue weighted by molar-refractivity contribution is 5.88. The highest BCUT2D eigenvalue weighted by atomic mass is 16.2. The van der Waals surface area contributed by atoms with Crippen molar-refractivity contribution < 1.29 is 9.59 Å². The van der Waals surface area contributed by atoms with Crippen LogP contribution in [0.3, 0.4) is 0 Å². The predicted molar refractivity (Wildman–Crippen MR) is 75.8 cm³/mol. The fourth-order valence-corrected chi connectivity index (χ4v) is 3.69. The average molecular weight is 274 g/mol. The molecule has 1 amide bonds. The summed E-state index contributed by atoms with van der Waals surface area (Å²) in [6, 6.07) is 2.01. The van der Waals surface area contributed by atoms with Gasteiger partial charge in [0.1, 0.15) is 5.78 Å². The second-order valence-corrected chi connectivity index (χ2v) is 6.30. The molecule has 20 heavy (non-hydrogen) atoms. The standard InChI is InChI=1S/C16H22N2O2/c1-18-6-5-11(10-18)9-17-16(20)14-7-12-3-2-4-13(8-14)15(12)19/h5-6,10,12-14H,2-4,7-9H2,1H3,(H,17,20)/t12-,13+,14?. The van der Waals surface area contributed by atoms with Gasteiger partial charge in [0.2, 0.25) is 5.91 Å². The number of rotatable bonds is 3. The molecule has 0 spiro atoms. The molecule has 0 aliphatic heterocycles. The average Bonchev–Trinajstić information content (AvgIpc) is 2.81. The van der Waals surface area contributed by atoms with Crippen molar-refractivity contribution in [2.24, 2.45) is 24.8 Å². The quantitative estimate of drug-likeness (QED) is 0.917. The van der Waals surface area contributed by atoms with Crippen molar-refractivity contribution in [1.82, 2.24) is 9.88 Å². The van der Waals surface area contributed by atoms with Crippen LogP contribution in [0.4, 0.5) is 0 Å². The Morgan fingerprint density at radius 3 is 2.65 bits per heavy atom. The Labute approximate surface area is 119 Å². The van der Waals surface area contributed by atoms with Crippen LogP contribution in [0.15, 0.2) is 18.5 Å². The second-order valence-electron chi connectivity index (χ2n) is 6.30. The number of ketones is 1. The van der Waals surface area contributed by atoms with Crippen molar-refractivity contribution in [2.45, 2.75) is 38.6 Å². The van der Waals surface area contributed by atoms with Crippen LogP contribution in [0.1, 0.15) is 37.7 Å². The van der Waals surface area contributed by atoms with Crippen LogP contribution in [-0.2, 0) is 23.2 Å². The predicted octanol–water partition coefficient (Wildman–Crippen LogP) is 2.04. The van der Waals surface area contributed by atoms with Gasteiger partial charge in [0, 0.05) is 43.7 Å². The van der Waals surface area contributed by atoms with Crippen molar-refractivity contribution in [3.63, 3.8) is 0 Å². The first-order chi connectivity index (χ1) is 9.63. The van der Waals surface area contributed by atoms with E-state index >= 15 is 0 Å². The van der Waals surface area contributed by atoms with E-state index in [4.69, 9.17) is 0 Å². The summed E-state index contributed by atoms with van der Waals surface area (Å²) in [5, 5.41) is 3.02. The maximum atomic E-state index is 12.3. The Morgan fingerprint density at radius 1 is 1.35 bits per heavy atom. The van der Waals surface area contributed by atoms with Crippen molar-refractivity contribution in [3.8, 4) is 0 Å².